The lowest BCUT2D eigenvalue weighted by Crippen LogP contribution is -2.41. The molecule has 0 saturated heterocycles. The molecule has 2 aromatic heterocycles. The van der Waals surface area contributed by atoms with Gasteiger partial charge in [0.2, 0.25) is 0 Å². The molecule has 26 heavy (non-hydrogen) atoms. The molecule has 2 aromatic rings. The van der Waals surface area contributed by atoms with Crippen molar-refractivity contribution in [2.45, 2.75) is 11.5 Å². The number of rotatable bonds is 10. The van der Waals surface area contributed by atoms with Gasteiger partial charge in [-0.3, -0.25) is 19.6 Å². The Morgan fingerprint density at radius 1 is 0.769 bits per heavy atom. The van der Waals surface area contributed by atoms with Crippen molar-refractivity contribution < 1.29 is 9.59 Å². The second-order valence-corrected chi connectivity index (χ2v) is 7.47. The first-order chi connectivity index (χ1) is 12.8. The van der Waals surface area contributed by atoms with Gasteiger partial charge in [0, 0.05) is 48.5 Å². The molecule has 0 bridgehead atoms. The number of amides is 2. The Bertz CT molecular complexity index is 612. The lowest BCUT2D eigenvalue weighted by atomic mass is 10.4. The Kier molecular flexibility index (Phi) is 9.60. The van der Waals surface area contributed by atoms with E-state index in [0.29, 0.717) is 13.1 Å². The first-order valence-corrected chi connectivity index (χ1v) is 10.6. The van der Waals surface area contributed by atoms with Crippen LogP contribution in [-0.4, -0.2) is 46.4 Å². The number of pyridine rings is 2. The lowest BCUT2D eigenvalue weighted by Gasteiger charge is -2.06. The third-order valence-electron chi connectivity index (χ3n) is 3.22. The van der Waals surface area contributed by atoms with E-state index in [-0.39, 0.29) is 0 Å². The average Bonchev–Trinajstić information content (AvgIpc) is 2.68. The highest BCUT2D eigenvalue weighted by molar-refractivity contribution is 7.98. The Hall–Kier alpha value is -2.06. The van der Waals surface area contributed by atoms with Gasteiger partial charge in [0.05, 0.1) is 11.4 Å². The Morgan fingerprint density at radius 2 is 1.23 bits per heavy atom. The molecule has 6 nitrogen and oxygen atoms in total. The normalized spacial score (nSPS) is 10.3. The minimum absolute atomic E-state index is 0.457. The van der Waals surface area contributed by atoms with E-state index in [4.69, 9.17) is 0 Å². The molecule has 2 N–H and O–H groups in total. The van der Waals surface area contributed by atoms with Crippen molar-refractivity contribution in [2.24, 2.45) is 0 Å². The minimum atomic E-state index is -0.585. The summed E-state index contributed by atoms with van der Waals surface area (Å²) in [5, 5.41) is 5.25. The molecule has 8 heteroatoms. The van der Waals surface area contributed by atoms with Gasteiger partial charge in [-0.15, -0.1) is 0 Å². The fourth-order valence-electron chi connectivity index (χ4n) is 1.95. The summed E-state index contributed by atoms with van der Waals surface area (Å²) < 4.78 is 0. The van der Waals surface area contributed by atoms with Crippen LogP contribution in [0.15, 0.2) is 48.8 Å². The quantitative estimate of drug-likeness (QED) is 0.476. The molecule has 0 unspecified atom stereocenters. The molecule has 0 aliphatic rings. The van der Waals surface area contributed by atoms with Gasteiger partial charge in [0.25, 0.3) is 0 Å². The molecule has 0 spiro atoms. The molecular weight excluding hydrogens is 368 g/mol. The highest BCUT2D eigenvalue weighted by Gasteiger charge is 2.11. The summed E-state index contributed by atoms with van der Waals surface area (Å²) in [6.07, 6.45) is 3.52. The van der Waals surface area contributed by atoms with Gasteiger partial charge < -0.3 is 10.6 Å². The maximum absolute atomic E-state index is 11.7. The number of aromatic nitrogens is 2. The molecule has 2 heterocycles. The monoisotopic (exact) mass is 390 g/mol. The van der Waals surface area contributed by atoms with Crippen LogP contribution in [0.5, 0.6) is 0 Å². The molecule has 0 aliphatic carbocycles. The highest BCUT2D eigenvalue weighted by atomic mass is 32.2. The molecule has 0 fully saturated rings. The second-order valence-electron chi connectivity index (χ2n) is 5.26. The Balaban J connectivity index is 1.47. The van der Waals surface area contributed by atoms with Crippen LogP contribution in [0, 0.1) is 0 Å². The minimum Gasteiger partial charge on any atom is -0.347 e. The van der Waals surface area contributed by atoms with E-state index in [2.05, 4.69) is 20.6 Å². The molecule has 138 valence electrons. The van der Waals surface area contributed by atoms with Gasteiger partial charge in [-0.05, 0) is 24.3 Å². The van der Waals surface area contributed by atoms with Crippen LogP contribution < -0.4 is 10.6 Å². The Labute approximate surface area is 162 Å². The van der Waals surface area contributed by atoms with Crippen LogP contribution in [0.2, 0.25) is 0 Å². The van der Waals surface area contributed by atoms with Crippen molar-refractivity contribution in [3.63, 3.8) is 0 Å². The molecule has 0 saturated carbocycles. The zero-order chi connectivity index (χ0) is 18.5. The summed E-state index contributed by atoms with van der Waals surface area (Å²) in [6, 6.07) is 11.6. The summed E-state index contributed by atoms with van der Waals surface area (Å²) in [6.45, 7) is 0.913. The summed E-state index contributed by atoms with van der Waals surface area (Å²) in [7, 11) is 0. The number of nitrogens with zero attached hydrogens (tertiary/aromatic N) is 2. The van der Waals surface area contributed by atoms with Crippen molar-refractivity contribution in [3.8, 4) is 0 Å². The summed E-state index contributed by atoms with van der Waals surface area (Å²) in [4.78, 5) is 31.9. The van der Waals surface area contributed by atoms with Crippen LogP contribution in [0.1, 0.15) is 11.4 Å². The number of carbonyl (C=O) groups excluding carboxylic acids is 2. The van der Waals surface area contributed by atoms with Crippen LogP contribution in [0.3, 0.4) is 0 Å². The van der Waals surface area contributed by atoms with E-state index in [1.807, 2.05) is 36.4 Å². The first-order valence-electron chi connectivity index (χ1n) is 8.27. The standard InChI is InChI=1S/C18H22N4O2S2/c23-17(21-9-11-25-13-15-5-1-3-7-19-15)18(24)22-10-12-26-14-16-6-2-4-8-20-16/h1-8H,9-14H2,(H,21,23)(H,22,24). The van der Waals surface area contributed by atoms with Crippen molar-refractivity contribution in [1.82, 2.24) is 20.6 Å². The lowest BCUT2D eigenvalue weighted by molar-refractivity contribution is -0.139. The zero-order valence-corrected chi connectivity index (χ0v) is 16.0. The van der Waals surface area contributed by atoms with Crippen LogP contribution in [0.25, 0.3) is 0 Å². The summed E-state index contributed by atoms with van der Waals surface area (Å²) >= 11 is 3.33. The topological polar surface area (TPSA) is 84.0 Å². The van der Waals surface area contributed by atoms with Gasteiger partial charge in [-0.2, -0.15) is 23.5 Å². The van der Waals surface area contributed by atoms with Crippen LogP contribution in [0.4, 0.5) is 0 Å². The van der Waals surface area contributed by atoms with E-state index in [0.717, 1.165) is 34.4 Å². The number of hydrogen-bond acceptors (Lipinski definition) is 6. The predicted molar refractivity (Wildman–Crippen MR) is 107 cm³/mol. The van der Waals surface area contributed by atoms with E-state index in [9.17, 15) is 9.59 Å². The van der Waals surface area contributed by atoms with Crippen molar-refractivity contribution in [3.05, 3.63) is 60.2 Å². The van der Waals surface area contributed by atoms with Gasteiger partial charge >= 0.3 is 11.8 Å². The van der Waals surface area contributed by atoms with Crippen molar-refractivity contribution in [2.75, 3.05) is 24.6 Å². The summed E-state index contributed by atoms with van der Waals surface area (Å²) in [5.74, 6) is 1.87. The highest BCUT2D eigenvalue weighted by Crippen LogP contribution is 2.09. The number of hydrogen-bond donors (Lipinski definition) is 2. The van der Waals surface area contributed by atoms with Gasteiger partial charge in [-0.1, -0.05) is 12.1 Å². The molecule has 0 aliphatic heterocycles. The number of thioether (sulfide) groups is 2. The fraction of sp³-hybridized carbons (Fsp3) is 0.333. The van der Waals surface area contributed by atoms with Crippen molar-refractivity contribution in [1.29, 1.82) is 0 Å². The molecule has 0 aromatic carbocycles. The van der Waals surface area contributed by atoms with Crippen molar-refractivity contribution >= 4 is 35.3 Å². The van der Waals surface area contributed by atoms with Crippen LogP contribution in [-0.2, 0) is 21.1 Å². The largest absolute Gasteiger partial charge is 0.347 e. The maximum atomic E-state index is 11.7. The molecule has 2 amide bonds. The Morgan fingerprint density at radius 3 is 1.62 bits per heavy atom. The number of carbonyl (C=O) groups is 2. The molecule has 0 atom stereocenters. The van der Waals surface area contributed by atoms with Crippen LogP contribution >= 0.6 is 23.5 Å². The third kappa shape index (κ3) is 8.35. The molecule has 0 radical (unpaired) electrons. The second kappa shape index (κ2) is 12.3. The molecular formula is C18H22N4O2S2. The predicted octanol–water partition coefficient (Wildman–Crippen LogP) is 1.88. The van der Waals surface area contributed by atoms with E-state index in [1.165, 1.54) is 0 Å². The van der Waals surface area contributed by atoms with E-state index >= 15 is 0 Å². The average molecular weight is 391 g/mol. The number of nitrogens with one attached hydrogen (secondary N) is 2. The fourth-order valence-corrected chi connectivity index (χ4v) is 3.50. The van der Waals surface area contributed by atoms with Gasteiger partial charge in [-0.25, -0.2) is 0 Å². The smallest absolute Gasteiger partial charge is 0.309 e. The maximum Gasteiger partial charge on any atom is 0.309 e. The van der Waals surface area contributed by atoms with E-state index in [1.54, 1.807) is 35.9 Å². The first kappa shape index (κ1) is 20.3. The SMILES string of the molecule is O=C(NCCSCc1ccccn1)C(=O)NCCSCc1ccccn1. The zero-order valence-electron chi connectivity index (χ0n) is 14.4. The summed E-state index contributed by atoms with van der Waals surface area (Å²) in [5.41, 5.74) is 2.01. The molecule has 2 rings (SSSR count). The van der Waals surface area contributed by atoms with E-state index < -0.39 is 11.8 Å². The third-order valence-corrected chi connectivity index (χ3v) is 5.21. The van der Waals surface area contributed by atoms with Gasteiger partial charge in [0.15, 0.2) is 0 Å². The van der Waals surface area contributed by atoms with Gasteiger partial charge in [0.1, 0.15) is 0 Å².